The van der Waals surface area contributed by atoms with Crippen LogP contribution in [0.1, 0.15) is 0 Å². The van der Waals surface area contributed by atoms with Crippen molar-refractivity contribution in [2.45, 2.75) is 0 Å². The van der Waals surface area contributed by atoms with Gasteiger partial charge in [0.1, 0.15) is 0 Å². The third-order valence-electron chi connectivity index (χ3n) is 11.8. The molecule has 0 unspecified atom stereocenters. The van der Waals surface area contributed by atoms with Gasteiger partial charge >= 0.3 is 0 Å². The number of para-hydroxylation sites is 4. The van der Waals surface area contributed by atoms with E-state index < -0.39 is 0 Å². The maximum absolute atomic E-state index is 2.46. The molecule has 0 saturated carbocycles. The second-order valence-electron chi connectivity index (χ2n) is 15.0. The van der Waals surface area contributed by atoms with Crippen molar-refractivity contribution in [2.24, 2.45) is 0 Å². The lowest BCUT2D eigenvalue weighted by Gasteiger charge is -2.12. The molecule has 0 spiro atoms. The minimum absolute atomic E-state index is 1.14. The molecule has 0 N–H and O–H groups in total. The molecule has 57 heavy (non-hydrogen) atoms. The van der Waals surface area contributed by atoms with Crippen LogP contribution in [-0.2, 0) is 0 Å². The van der Waals surface area contributed by atoms with Gasteiger partial charge in [-0.05, 0) is 101 Å². The highest BCUT2D eigenvalue weighted by Crippen LogP contribution is 2.41. The van der Waals surface area contributed by atoms with Crippen molar-refractivity contribution in [1.82, 2.24) is 13.7 Å². The molecule has 0 radical (unpaired) electrons. The number of hydrogen-bond acceptors (Lipinski definition) is 0. The highest BCUT2D eigenvalue weighted by atomic mass is 15.0. The number of rotatable bonds is 5. The van der Waals surface area contributed by atoms with E-state index in [-0.39, 0.29) is 0 Å². The van der Waals surface area contributed by atoms with Gasteiger partial charge in [-0.1, -0.05) is 133 Å². The molecule has 0 saturated heterocycles. The molecular formula is C54H35N3. The zero-order valence-corrected chi connectivity index (χ0v) is 31.0. The predicted molar refractivity (Wildman–Crippen MR) is 240 cm³/mol. The van der Waals surface area contributed by atoms with Crippen LogP contribution in [0.2, 0.25) is 0 Å². The predicted octanol–water partition coefficient (Wildman–Crippen LogP) is 14.3. The van der Waals surface area contributed by atoms with Crippen LogP contribution in [0.15, 0.2) is 212 Å². The van der Waals surface area contributed by atoms with E-state index in [2.05, 4.69) is 226 Å². The molecule has 12 aromatic rings. The number of hydrogen-bond donors (Lipinski definition) is 0. The van der Waals surface area contributed by atoms with Gasteiger partial charge in [0.15, 0.2) is 0 Å². The second kappa shape index (κ2) is 12.5. The van der Waals surface area contributed by atoms with Gasteiger partial charge in [-0.2, -0.15) is 0 Å². The van der Waals surface area contributed by atoms with Gasteiger partial charge in [0.25, 0.3) is 0 Å². The van der Waals surface area contributed by atoms with Crippen molar-refractivity contribution in [3.8, 4) is 39.3 Å². The third kappa shape index (κ3) is 4.86. The molecule has 9 aromatic carbocycles. The standard InChI is InChI=1S/C54H35N3/c1-3-15-36(16-4-1)37-17-13-18-38(31-37)39-19-14-22-41(32-39)56-50-27-11-8-24-44(50)47-34-48-45-25-9-12-28-51(45)57(54(48)35-53(47)56)42-29-30-52-46(33-42)43-23-7-10-26-49(43)55(52)40-20-5-2-6-21-40/h1-35H. The largest absolute Gasteiger partial charge is 0.309 e. The molecule has 0 aliphatic heterocycles. The molecule has 3 heterocycles. The summed E-state index contributed by atoms with van der Waals surface area (Å²) in [6.45, 7) is 0. The maximum atomic E-state index is 2.46. The summed E-state index contributed by atoms with van der Waals surface area (Å²) in [5.74, 6) is 0. The number of benzene rings is 9. The Kier molecular flexibility index (Phi) is 6.93. The Balaban J connectivity index is 1.10. The molecule has 3 nitrogen and oxygen atoms in total. The zero-order chi connectivity index (χ0) is 37.5. The molecule has 3 aromatic heterocycles. The van der Waals surface area contributed by atoms with Crippen LogP contribution >= 0.6 is 0 Å². The van der Waals surface area contributed by atoms with Crippen LogP contribution in [0.25, 0.3) is 105 Å². The van der Waals surface area contributed by atoms with Gasteiger partial charge in [-0.3, -0.25) is 0 Å². The van der Waals surface area contributed by atoms with Gasteiger partial charge in [0, 0.05) is 49.4 Å². The summed E-state index contributed by atoms with van der Waals surface area (Å²) in [5.41, 5.74) is 15.4. The molecule has 3 heteroatoms. The molecular weight excluding hydrogens is 691 g/mol. The number of nitrogens with zero attached hydrogens (tertiary/aromatic N) is 3. The molecule has 266 valence electrons. The average Bonchev–Trinajstić information content (AvgIpc) is 3.91. The van der Waals surface area contributed by atoms with Crippen LogP contribution in [-0.4, -0.2) is 13.7 Å². The van der Waals surface area contributed by atoms with Crippen molar-refractivity contribution in [1.29, 1.82) is 0 Å². The molecule has 0 amide bonds. The first-order valence-electron chi connectivity index (χ1n) is 19.6. The normalized spacial score (nSPS) is 11.9. The summed E-state index contributed by atoms with van der Waals surface area (Å²) < 4.78 is 7.30. The smallest absolute Gasteiger partial charge is 0.0562 e. The molecule has 0 bridgehead atoms. The zero-order valence-electron chi connectivity index (χ0n) is 31.0. The van der Waals surface area contributed by atoms with Gasteiger partial charge < -0.3 is 13.7 Å². The van der Waals surface area contributed by atoms with Crippen LogP contribution in [0, 0.1) is 0 Å². The monoisotopic (exact) mass is 725 g/mol. The Hall–Kier alpha value is -7.62. The second-order valence-corrected chi connectivity index (χ2v) is 15.0. The SMILES string of the molecule is c1ccc(-c2cccc(-c3cccc(-n4c5ccccc5c5cc6c7ccccc7n(-c7ccc8c(c7)c7ccccc7n8-c7ccccc7)c6cc54)c3)c2)cc1. The molecule has 0 aliphatic carbocycles. The van der Waals surface area contributed by atoms with Gasteiger partial charge in [-0.25, -0.2) is 0 Å². The van der Waals surface area contributed by atoms with E-state index in [1.54, 1.807) is 0 Å². The first-order valence-corrected chi connectivity index (χ1v) is 19.6. The minimum atomic E-state index is 1.14. The lowest BCUT2D eigenvalue weighted by atomic mass is 9.99. The van der Waals surface area contributed by atoms with Crippen LogP contribution in [0.5, 0.6) is 0 Å². The van der Waals surface area contributed by atoms with Crippen molar-refractivity contribution >= 4 is 65.4 Å². The van der Waals surface area contributed by atoms with E-state index in [1.165, 1.54) is 87.7 Å². The summed E-state index contributed by atoms with van der Waals surface area (Å²) in [5, 5.41) is 7.48. The maximum Gasteiger partial charge on any atom is 0.0562 e. The van der Waals surface area contributed by atoms with Crippen molar-refractivity contribution < 1.29 is 0 Å². The summed E-state index contributed by atoms with van der Waals surface area (Å²) in [7, 11) is 0. The van der Waals surface area contributed by atoms with Gasteiger partial charge in [0.2, 0.25) is 0 Å². The molecule has 0 aliphatic rings. The number of aromatic nitrogens is 3. The summed E-state index contributed by atoms with van der Waals surface area (Å²) >= 11 is 0. The van der Waals surface area contributed by atoms with Crippen molar-refractivity contribution in [3.63, 3.8) is 0 Å². The van der Waals surface area contributed by atoms with Crippen molar-refractivity contribution in [2.75, 3.05) is 0 Å². The molecule has 0 fully saturated rings. The van der Waals surface area contributed by atoms with E-state index in [9.17, 15) is 0 Å². The Labute approximate surface area is 329 Å². The quantitative estimate of drug-likeness (QED) is 0.168. The summed E-state index contributed by atoms with van der Waals surface area (Å²) in [4.78, 5) is 0. The highest BCUT2D eigenvalue weighted by molar-refractivity contribution is 6.19. The van der Waals surface area contributed by atoms with E-state index in [4.69, 9.17) is 0 Å². The molecule has 0 atom stereocenters. The Morgan fingerprint density at radius 2 is 0.596 bits per heavy atom. The Morgan fingerprint density at radius 3 is 1.21 bits per heavy atom. The first kappa shape index (κ1) is 31.7. The van der Waals surface area contributed by atoms with Crippen molar-refractivity contribution in [3.05, 3.63) is 212 Å². The average molecular weight is 726 g/mol. The van der Waals surface area contributed by atoms with E-state index in [1.807, 2.05) is 0 Å². The highest BCUT2D eigenvalue weighted by Gasteiger charge is 2.20. The lowest BCUT2D eigenvalue weighted by Crippen LogP contribution is -1.97. The Bertz CT molecular complexity index is 3510. The summed E-state index contributed by atoms with van der Waals surface area (Å²) in [6, 6.07) is 77.4. The van der Waals surface area contributed by atoms with Crippen LogP contribution in [0.3, 0.4) is 0 Å². The van der Waals surface area contributed by atoms with Crippen LogP contribution < -0.4 is 0 Å². The first-order chi connectivity index (χ1) is 28.3. The molecule has 12 rings (SSSR count). The van der Waals surface area contributed by atoms with Gasteiger partial charge in [-0.15, -0.1) is 0 Å². The fourth-order valence-electron chi connectivity index (χ4n) is 9.28. The van der Waals surface area contributed by atoms with E-state index in [0.29, 0.717) is 0 Å². The van der Waals surface area contributed by atoms with Gasteiger partial charge in [0.05, 0.1) is 33.1 Å². The minimum Gasteiger partial charge on any atom is -0.309 e. The van der Waals surface area contributed by atoms with E-state index >= 15 is 0 Å². The van der Waals surface area contributed by atoms with Crippen LogP contribution in [0.4, 0.5) is 0 Å². The fourth-order valence-corrected chi connectivity index (χ4v) is 9.28. The Morgan fingerprint density at radius 1 is 0.193 bits per heavy atom. The topological polar surface area (TPSA) is 14.8 Å². The lowest BCUT2D eigenvalue weighted by molar-refractivity contribution is 1.16. The summed E-state index contributed by atoms with van der Waals surface area (Å²) in [6.07, 6.45) is 0. The number of fused-ring (bicyclic) bond motifs is 9. The fraction of sp³-hybridized carbons (Fsp3) is 0. The van der Waals surface area contributed by atoms with E-state index in [0.717, 1.165) is 17.1 Å². The third-order valence-corrected chi connectivity index (χ3v) is 11.8.